The van der Waals surface area contributed by atoms with Crippen LogP contribution in [0.5, 0.6) is 5.88 Å². The molecule has 22 heavy (non-hydrogen) atoms. The molecule has 0 unspecified atom stereocenters. The predicted molar refractivity (Wildman–Crippen MR) is 80.0 cm³/mol. The number of nitrogens with zero attached hydrogens (tertiary/aromatic N) is 2. The van der Waals surface area contributed by atoms with Crippen LogP contribution in [0.2, 0.25) is 0 Å². The number of aromatic nitrogens is 2. The molecule has 116 valence electrons. The molecule has 2 aromatic rings. The van der Waals surface area contributed by atoms with Gasteiger partial charge in [-0.1, -0.05) is 12.1 Å². The van der Waals surface area contributed by atoms with Gasteiger partial charge in [0.25, 0.3) is 0 Å². The van der Waals surface area contributed by atoms with Gasteiger partial charge >= 0.3 is 5.97 Å². The van der Waals surface area contributed by atoms with E-state index in [0.717, 1.165) is 5.56 Å². The van der Waals surface area contributed by atoms with Crippen molar-refractivity contribution in [3.63, 3.8) is 0 Å². The number of hydrogen-bond donors (Lipinski definition) is 2. The van der Waals surface area contributed by atoms with Crippen LogP contribution in [-0.4, -0.2) is 35.3 Å². The second kappa shape index (κ2) is 7.37. The Labute approximate surface area is 127 Å². The molecule has 7 nitrogen and oxygen atoms in total. The summed E-state index contributed by atoms with van der Waals surface area (Å²) in [6.07, 6.45) is 0. The van der Waals surface area contributed by atoms with Crippen LogP contribution in [0.3, 0.4) is 0 Å². The molecule has 7 heteroatoms. The van der Waals surface area contributed by atoms with Crippen LogP contribution < -0.4 is 10.1 Å². The summed E-state index contributed by atoms with van der Waals surface area (Å²) in [4.78, 5) is 19.3. The first kappa shape index (κ1) is 15.7. The van der Waals surface area contributed by atoms with Gasteiger partial charge in [0.05, 0.1) is 12.7 Å². The van der Waals surface area contributed by atoms with Gasteiger partial charge in [-0.2, -0.15) is 4.98 Å². The summed E-state index contributed by atoms with van der Waals surface area (Å²) in [5, 5.41) is 12.0. The first-order valence-corrected chi connectivity index (χ1v) is 6.59. The van der Waals surface area contributed by atoms with E-state index in [1.165, 1.54) is 7.11 Å². The number of ether oxygens (including phenoxy) is 2. The Morgan fingerprint density at radius 3 is 2.55 bits per heavy atom. The van der Waals surface area contributed by atoms with E-state index in [2.05, 4.69) is 15.3 Å². The molecule has 0 saturated heterocycles. The summed E-state index contributed by atoms with van der Waals surface area (Å²) in [5.41, 5.74) is 1.20. The molecular weight excluding hydrogens is 286 g/mol. The van der Waals surface area contributed by atoms with E-state index in [1.54, 1.807) is 37.4 Å². The smallest absolute Gasteiger partial charge is 0.335 e. The Hall–Kier alpha value is -2.67. The zero-order chi connectivity index (χ0) is 15.9. The SMILES string of the molecule is COCc1nc(NCc2ccc(C(=O)O)cc2)cc(OC)n1. The minimum absolute atomic E-state index is 0.259. The molecule has 0 aliphatic rings. The van der Waals surface area contributed by atoms with Crippen molar-refractivity contribution in [1.82, 2.24) is 9.97 Å². The fourth-order valence-electron chi connectivity index (χ4n) is 1.82. The van der Waals surface area contributed by atoms with Gasteiger partial charge < -0.3 is 19.9 Å². The van der Waals surface area contributed by atoms with Gasteiger partial charge in [-0.05, 0) is 17.7 Å². The average Bonchev–Trinajstić information content (AvgIpc) is 2.53. The van der Waals surface area contributed by atoms with Crippen LogP contribution in [0.4, 0.5) is 5.82 Å². The van der Waals surface area contributed by atoms with E-state index in [9.17, 15) is 4.79 Å². The molecule has 0 aliphatic heterocycles. The van der Waals surface area contributed by atoms with Gasteiger partial charge in [0.1, 0.15) is 12.4 Å². The minimum atomic E-state index is -0.941. The van der Waals surface area contributed by atoms with Crippen molar-refractivity contribution in [2.75, 3.05) is 19.5 Å². The number of carboxylic acids is 1. The summed E-state index contributed by atoms with van der Waals surface area (Å²) < 4.78 is 10.1. The number of nitrogens with one attached hydrogen (secondary N) is 1. The maximum absolute atomic E-state index is 10.8. The zero-order valence-electron chi connectivity index (χ0n) is 12.4. The molecule has 0 amide bonds. The number of anilines is 1. The molecule has 0 spiro atoms. The van der Waals surface area contributed by atoms with E-state index >= 15 is 0 Å². The van der Waals surface area contributed by atoms with Crippen molar-refractivity contribution in [3.05, 3.63) is 47.3 Å². The van der Waals surface area contributed by atoms with Gasteiger partial charge in [-0.25, -0.2) is 9.78 Å². The summed E-state index contributed by atoms with van der Waals surface area (Å²) in [5.74, 6) is 0.641. The molecule has 0 saturated carbocycles. The van der Waals surface area contributed by atoms with Gasteiger partial charge in [-0.15, -0.1) is 0 Å². The largest absolute Gasteiger partial charge is 0.481 e. The molecule has 0 atom stereocenters. The second-order valence-electron chi connectivity index (χ2n) is 4.50. The van der Waals surface area contributed by atoms with E-state index < -0.39 is 5.97 Å². The van der Waals surface area contributed by atoms with E-state index in [-0.39, 0.29) is 5.56 Å². The number of hydrogen-bond acceptors (Lipinski definition) is 6. The van der Waals surface area contributed by atoms with Crippen LogP contribution in [0.15, 0.2) is 30.3 Å². The van der Waals surface area contributed by atoms with Crippen LogP contribution in [0.1, 0.15) is 21.7 Å². The van der Waals surface area contributed by atoms with E-state index in [1.807, 2.05) is 0 Å². The third-order valence-corrected chi connectivity index (χ3v) is 2.91. The fraction of sp³-hybridized carbons (Fsp3) is 0.267. The highest BCUT2D eigenvalue weighted by Gasteiger charge is 2.06. The van der Waals surface area contributed by atoms with Gasteiger partial charge in [0.15, 0.2) is 5.82 Å². The average molecular weight is 303 g/mol. The normalized spacial score (nSPS) is 10.3. The number of carbonyl (C=O) groups is 1. The van der Waals surface area contributed by atoms with Crippen molar-refractivity contribution >= 4 is 11.8 Å². The van der Waals surface area contributed by atoms with Crippen molar-refractivity contribution in [3.8, 4) is 5.88 Å². The summed E-state index contributed by atoms with van der Waals surface area (Å²) in [6.45, 7) is 0.797. The fourth-order valence-corrected chi connectivity index (χ4v) is 1.82. The van der Waals surface area contributed by atoms with Gasteiger partial charge in [-0.3, -0.25) is 0 Å². The minimum Gasteiger partial charge on any atom is -0.481 e. The van der Waals surface area contributed by atoms with Crippen molar-refractivity contribution in [2.24, 2.45) is 0 Å². The number of carboxylic acid groups (broad SMARTS) is 1. The predicted octanol–water partition coefficient (Wildman–Crippen LogP) is 1.94. The Morgan fingerprint density at radius 1 is 1.23 bits per heavy atom. The second-order valence-corrected chi connectivity index (χ2v) is 4.50. The van der Waals surface area contributed by atoms with E-state index in [4.69, 9.17) is 14.6 Å². The number of rotatable bonds is 7. The first-order chi connectivity index (χ1) is 10.6. The number of aromatic carboxylic acids is 1. The molecule has 0 fully saturated rings. The Bertz CT molecular complexity index is 644. The van der Waals surface area contributed by atoms with Crippen LogP contribution in [0.25, 0.3) is 0 Å². The number of benzene rings is 1. The summed E-state index contributed by atoms with van der Waals surface area (Å²) >= 11 is 0. The molecule has 2 rings (SSSR count). The summed E-state index contributed by atoms with van der Waals surface area (Å²) in [7, 11) is 3.10. The summed E-state index contributed by atoms with van der Waals surface area (Å²) in [6, 6.07) is 8.33. The topological polar surface area (TPSA) is 93.6 Å². The van der Waals surface area contributed by atoms with Crippen LogP contribution in [-0.2, 0) is 17.9 Å². The molecule has 0 bridgehead atoms. The molecular formula is C15H17N3O4. The lowest BCUT2D eigenvalue weighted by atomic mass is 10.1. The molecule has 0 radical (unpaired) electrons. The standard InChI is InChI=1S/C15H17N3O4/c1-21-9-13-17-12(7-14(18-13)22-2)16-8-10-3-5-11(6-4-10)15(19)20/h3-7H,8-9H2,1-2H3,(H,19,20)(H,16,17,18). The molecule has 1 heterocycles. The maximum Gasteiger partial charge on any atom is 0.335 e. The van der Waals surface area contributed by atoms with Crippen LogP contribution >= 0.6 is 0 Å². The lowest BCUT2D eigenvalue weighted by Crippen LogP contribution is -2.06. The van der Waals surface area contributed by atoms with Crippen LogP contribution in [0, 0.1) is 0 Å². The molecule has 1 aromatic heterocycles. The first-order valence-electron chi connectivity index (χ1n) is 6.59. The third-order valence-electron chi connectivity index (χ3n) is 2.91. The third kappa shape index (κ3) is 4.16. The lowest BCUT2D eigenvalue weighted by Gasteiger charge is -2.09. The molecule has 0 aliphatic carbocycles. The highest BCUT2D eigenvalue weighted by Crippen LogP contribution is 2.15. The highest BCUT2D eigenvalue weighted by molar-refractivity contribution is 5.87. The lowest BCUT2D eigenvalue weighted by molar-refractivity contribution is 0.0697. The van der Waals surface area contributed by atoms with Gasteiger partial charge in [0.2, 0.25) is 5.88 Å². The van der Waals surface area contributed by atoms with Gasteiger partial charge in [0, 0.05) is 19.7 Å². The zero-order valence-corrected chi connectivity index (χ0v) is 12.4. The molecule has 2 N–H and O–H groups in total. The van der Waals surface area contributed by atoms with E-state index in [0.29, 0.717) is 30.7 Å². The highest BCUT2D eigenvalue weighted by atomic mass is 16.5. The quantitative estimate of drug-likeness (QED) is 0.807. The monoisotopic (exact) mass is 303 g/mol. The molecule has 1 aromatic carbocycles. The Kier molecular flexibility index (Phi) is 5.26. The Morgan fingerprint density at radius 2 is 1.95 bits per heavy atom. The Balaban J connectivity index is 2.06. The number of methoxy groups -OCH3 is 2. The van der Waals surface area contributed by atoms with Crippen molar-refractivity contribution < 1.29 is 19.4 Å². The van der Waals surface area contributed by atoms with Crippen molar-refractivity contribution in [1.29, 1.82) is 0 Å². The maximum atomic E-state index is 10.8. The van der Waals surface area contributed by atoms with Crippen molar-refractivity contribution in [2.45, 2.75) is 13.2 Å².